The number of aliphatic imine (C=N–C) groups is 1. The molecule has 0 radical (unpaired) electrons. The summed E-state index contributed by atoms with van der Waals surface area (Å²) in [5.41, 5.74) is 7.59. The summed E-state index contributed by atoms with van der Waals surface area (Å²) >= 11 is 0. The van der Waals surface area contributed by atoms with Crippen LogP contribution in [-0.2, 0) is 0 Å². The van der Waals surface area contributed by atoms with Crippen LogP contribution in [0.2, 0.25) is 0 Å². The fraction of sp³-hybridized carbons (Fsp3) is 0.562. The molecule has 1 spiro atoms. The molecule has 0 bridgehead atoms. The van der Waals surface area contributed by atoms with Crippen molar-refractivity contribution in [1.82, 2.24) is 4.90 Å². The lowest BCUT2D eigenvalue weighted by atomic mass is 9.86. The lowest BCUT2D eigenvalue weighted by Crippen LogP contribution is -2.57. The highest BCUT2D eigenvalue weighted by Gasteiger charge is 2.43. The highest BCUT2D eigenvalue weighted by Crippen LogP contribution is 2.34. The molecule has 0 unspecified atom stereocenters. The van der Waals surface area contributed by atoms with Gasteiger partial charge < -0.3 is 15.5 Å². The van der Waals surface area contributed by atoms with Gasteiger partial charge in [-0.25, -0.2) is 0 Å². The fourth-order valence-corrected chi connectivity index (χ4v) is 3.47. The van der Waals surface area contributed by atoms with Crippen molar-refractivity contribution in [2.75, 3.05) is 31.1 Å². The number of benzene rings is 1. The molecular weight excluding hydrogens is 248 g/mol. The molecule has 0 atom stereocenters. The average molecular weight is 272 g/mol. The summed E-state index contributed by atoms with van der Waals surface area (Å²) in [4.78, 5) is 9.35. The number of para-hydroxylation sites is 1. The van der Waals surface area contributed by atoms with Crippen molar-refractivity contribution in [3.63, 3.8) is 0 Å². The zero-order valence-corrected chi connectivity index (χ0v) is 12.3. The van der Waals surface area contributed by atoms with E-state index in [9.17, 15) is 0 Å². The second kappa shape index (κ2) is 5.35. The summed E-state index contributed by atoms with van der Waals surface area (Å²) in [5.74, 6) is 0.750. The molecule has 2 aliphatic rings. The molecule has 3 rings (SSSR count). The Morgan fingerprint density at radius 2 is 1.90 bits per heavy atom. The highest BCUT2D eigenvalue weighted by molar-refractivity contribution is 5.81. The van der Waals surface area contributed by atoms with Crippen LogP contribution in [0.5, 0.6) is 0 Å². The molecule has 0 aromatic heterocycles. The predicted molar refractivity (Wildman–Crippen MR) is 84.1 cm³/mol. The van der Waals surface area contributed by atoms with Crippen LogP contribution in [0, 0.1) is 0 Å². The van der Waals surface area contributed by atoms with Gasteiger partial charge in [0.1, 0.15) is 0 Å². The number of nitrogens with zero attached hydrogens (tertiary/aromatic N) is 3. The molecule has 1 saturated heterocycles. The normalized spacial score (nSPS) is 21.4. The van der Waals surface area contributed by atoms with Gasteiger partial charge in [0.25, 0.3) is 0 Å². The molecule has 1 fully saturated rings. The molecular formula is C16H24N4. The van der Waals surface area contributed by atoms with Gasteiger partial charge in [0.05, 0.1) is 12.1 Å². The largest absolute Gasteiger partial charge is 0.371 e. The summed E-state index contributed by atoms with van der Waals surface area (Å²) in [5, 5.41) is 0. The first kappa shape index (κ1) is 13.3. The number of nitrogens with two attached hydrogens (primary N) is 1. The Balaban J connectivity index is 1.69. The number of hydrogen-bond acceptors (Lipinski definition) is 4. The van der Waals surface area contributed by atoms with Crippen LogP contribution in [-0.4, -0.2) is 42.6 Å². The predicted octanol–water partition coefficient (Wildman–Crippen LogP) is 2.07. The Hall–Kier alpha value is -1.71. The maximum Gasteiger partial charge on any atom is 0.191 e. The summed E-state index contributed by atoms with van der Waals surface area (Å²) < 4.78 is 0. The Kier molecular flexibility index (Phi) is 3.55. The van der Waals surface area contributed by atoms with Gasteiger partial charge in [-0.2, -0.15) is 0 Å². The van der Waals surface area contributed by atoms with Crippen molar-refractivity contribution in [3.8, 4) is 0 Å². The molecule has 0 amide bonds. The zero-order chi connectivity index (χ0) is 14.0. The number of hydrogen-bond donors (Lipinski definition) is 1. The van der Waals surface area contributed by atoms with E-state index in [1.165, 1.54) is 5.69 Å². The SMILES string of the molecule is CCCN1C(N)=NCC12CCN(c1ccccc1)CC2. The van der Waals surface area contributed by atoms with Gasteiger partial charge in [0, 0.05) is 25.3 Å². The Morgan fingerprint density at radius 3 is 2.55 bits per heavy atom. The molecule has 1 aromatic rings. The minimum absolute atomic E-state index is 0.186. The number of rotatable bonds is 3. The lowest BCUT2D eigenvalue weighted by Gasteiger charge is -2.45. The minimum Gasteiger partial charge on any atom is -0.371 e. The van der Waals surface area contributed by atoms with Crippen molar-refractivity contribution in [1.29, 1.82) is 0 Å². The maximum absolute atomic E-state index is 6.08. The van der Waals surface area contributed by atoms with Crippen molar-refractivity contribution in [2.24, 2.45) is 10.7 Å². The van der Waals surface area contributed by atoms with E-state index in [1.54, 1.807) is 0 Å². The van der Waals surface area contributed by atoms with E-state index in [4.69, 9.17) is 5.73 Å². The monoisotopic (exact) mass is 272 g/mol. The van der Waals surface area contributed by atoms with Crippen LogP contribution < -0.4 is 10.6 Å². The number of guanidine groups is 1. The van der Waals surface area contributed by atoms with Gasteiger partial charge in [0.15, 0.2) is 5.96 Å². The zero-order valence-electron chi connectivity index (χ0n) is 12.3. The highest BCUT2D eigenvalue weighted by atomic mass is 15.4. The molecule has 108 valence electrons. The van der Waals surface area contributed by atoms with Crippen LogP contribution in [0.1, 0.15) is 26.2 Å². The van der Waals surface area contributed by atoms with Gasteiger partial charge in [-0.05, 0) is 31.4 Å². The van der Waals surface area contributed by atoms with E-state index in [0.29, 0.717) is 0 Å². The second-order valence-electron chi connectivity index (χ2n) is 5.87. The van der Waals surface area contributed by atoms with Gasteiger partial charge >= 0.3 is 0 Å². The van der Waals surface area contributed by atoms with Crippen LogP contribution in [0.25, 0.3) is 0 Å². The van der Waals surface area contributed by atoms with Crippen LogP contribution >= 0.6 is 0 Å². The van der Waals surface area contributed by atoms with Crippen molar-refractivity contribution < 1.29 is 0 Å². The Bertz CT molecular complexity index is 475. The number of piperidine rings is 1. The standard InChI is InChI=1S/C16H24N4/c1-2-10-20-15(17)18-13-16(20)8-11-19(12-9-16)14-6-4-3-5-7-14/h3-7H,2,8-13H2,1H3,(H2,17,18). The van der Waals surface area contributed by atoms with E-state index in [0.717, 1.165) is 51.4 Å². The van der Waals surface area contributed by atoms with Gasteiger partial charge in [-0.15, -0.1) is 0 Å². The third-order valence-electron chi connectivity index (χ3n) is 4.65. The molecule has 1 aromatic carbocycles. The van der Waals surface area contributed by atoms with Gasteiger partial charge in [-0.3, -0.25) is 4.99 Å². The lowest BCUT2D eigenvalue weighted by molar-refractivity contribution is 0.160. The van der Waals surface area contributed by atoms with Crippen molar-refractivity contribution in [2.45, 2.75) is 31.7 Å². The van der Waals surface area contributed by atoms with E-state index >= 15 is 0 Å². The summed E-state index contributed by atoms with van der Waals surface area (Å²) in [6, 6.07) is 10.7. The van der Waals surface area contributed by atoms with Crippen molar-refractivity contribution in [3.05, 3.63) is 30.3 Å². The van der Waals surface area contributed by atoms with Crippen LogP contribution in [0.15, 0.2) is 35.3 Å². The van der Waals surface area contributed by atoms with Crippen LogP contribution in [0.4, 0.5) is 5.69 Å². The molecule has 2 heterocycles. The van der Waals surface area contributed by atoms with Crippen LogP contribution in [0.3, 0.4) is 0 Å². The quantitative estimate of drug-likeness (QED) is 0.916. The third kappa shape index (κ3) is 2.23. The summed E-state index contributed by atoms with van der Waals surface area (Å²) in [7, 11) is 0. The first-order valence-electron chi connectivity index (χ1n) is 7.63. The molecule has 4 heteroatoms. The first-order valence-corrected chi connectivity index (χ1v) is 7.63. The molecule has 4 nitrogen and oxygen atoms in total. The van der Waals surface area contributed by atoms with E-state index in [2.05, 4.69) is 52.0 Å². The first-order chi connectivity index (χ1) is 9.75. The fourth-order valence-electron chi connectivity index (χ4n) is 3.47. The topological polar surface area (TPSA) is 44.9 Å². The molecule has 2 N–H and O–H groups in total. The molecule has 0 saturated carbocycles. The summed E-state index contributed by atoms with van der Waals surface area (Å²) in [6.07, 6.45) is 3.42. The minimum atomic E-state index is 0.186. The van der Waals surface area contributed by atoms with Gasteiger partial charge in [0.2, 0.25) is 0 Å². The molecule has 2 aliphatic heterocycles. The third-order valence-corrected chi connectivity index (χ3v) is 4.65. The Morgan fingerprint density at radius 1 is 1.20 bits per heavy atom. The summed E-state index contributed by atoms with van der Waals surface area (Å²) in [6.45, 7) is 6.29. The Labute approximate surface area is 121 Å². The molecule has 0 aliphatic carbocycles. The average Bonchev–Trinajstić information content (AvgIpc) is 2.79. The smallest absolute Gasteiger partial charge is 0.191 e. The number of anilines is 1. The van der Waals surface area contributed by atoms with Crippen molar-refractivity contribution >= 4 is 11.6 Å². The van der Waals surface area contributed by atoms with E-state index < -0.39 is 0 Å². The van der Waals surface area contributed by atoms with Gasteiger partial charge in [-0.1, -0.05) is 25.1 Å². The second-order valence-corrected chi connectivity index (χ2v) is 5.87. The molecule has 20 heavy (non-hydrogen) atoms. The van der Waals surface area contributed by atoms with E-state index in [-0.39, 0.29) is 5.54 Å². The van der Waals surface area contributed by atoms with E-state index in [1.807, 2.05) is 0 Å². The maximum atomic E-state index is 6.08.